The van der Waals surface area contributed by atoms with Gasteiger partial charge < -0.3 is 20.1 Å². The van der Waals surface area contributed by atoms with Gasteiger partial charge in [0, 0.05) is 23.4 Å². The summed E-state index contributed by atoms with van der Waals surface area (Å²) >= 11 is 1.75. The zero-order valence-corrected chi connectivity index (χ0v) is 16.9. The summed E-state index contributed by atoms with van der Waals surface area (Å²) in [7, 11) is 0. The molecule has 1 rings (SSSR count). The van der Waals surface area contributed by atoms with Crippen LogP contribution < -0.4 is 20.1 Å². The summed E-state index contributed by atoms with van der Waals surface area (Å²) in [5.41, 5.74) is 0.539. The monoisotopic (exact) mass is 389 g/mol. The van der Waals surface area contributed by atoms with E-state index in [-0.39, 0.29) is 17.0 Å². The third-order valence-electron chi connectivity index (χ3n) is 3.55. The van der Waals surface area contributed by atoms with Gasteiger partial charge in [-0.15, -0.1) is 0 Å². The Hall–Kier alpha value is -1.70. The molecule has 0 amide bonds. The van der Waals surface area contributed by atoms with Crippen molar-refractivity contribution in [3.05, 3.63) is 23.8 Å². The van der Waals surface area contributed by atoms with Crippen LogP contribution >= 0.6 is 11.8 Å². The molecule has 5 nitrogen and oxygen atoms in total. The van der Waals surface area contributed by atoms with Crippen LogP contribution in [0.15, 0.2) is 23.2 Å². The zero-order chi connectivity index (χ0) is 19.6. The number of para-hydroxylation sites is 1. The Balaban J connectivity index is 2.98. The van der Waals surface area contributed by atoms with Gasteiger partial charge in [0.15, 0.2) is 17.5 Å². The first-order valence-electron chi connectivity index (χ1n) is 8.59. The van der Waals surface area contributed by atoms with Gasteiger partial charge in [-0.05, 0) is 40.0 Å². The second-order valence-corrected chi connectivity index (χ2v) is 7.58. The van der Waals surface area contributed by atoms with E-state index in [1.807, 2.05) is 6.92 Å². The fourth-order valence-corrected chi connectivity index (χ4v) is 2.27. The molecule has 0 aromatic heterocycles. The molecule has 1 aromatic carbocycles. The van der Waals surface area contributed by atoms with Gasteiger partial charge >= 0.3 is 6.61 Å². The van der Waals surface area contributed by atoms with E-state index in [0.29, 0.717) is 30.4 Å². The molecule has 1 aromatic rings. The molecule has 0 bridgehead atoms. The first kappa shape index (κ1) is 22.3. The van der Waals surface area contributed by atoms with Crippen molar-refractivity contribution in [2.75, 3.05) is 26.0 Å². The largest absolute Gasteiger partial charge is 0.490 e. The minimum atomic E-state index is -2.92. The number of ether oxygens (including phenoxy) is 2. The summed E-state index contributed by atoms with van der Waals surface area (Å²) in [6.07, 6.45) is 2.05. The first-order chi connectivity index (χ1) is 12.3. The van der Waals surface area contributed by atoms with Crippen molar-refractivity contribution >= 4 is 17.7 Å². The molecule has 0 saturated carbocycles. The van der Waals surface area contributed by atoms with E-state index >= 15 is 0 Å². The molecule has 0 aliphatic rings. The maximum atomic E-state index is 12.8. The van der Waals surface area contributed by atoms with Gasteiger partial charge in [0.2, 0.25) is 0 Å². The average Bonchev–Trinajstić information content (AvgIpc) is 2.59. The lowest BCUT2D eigenvalue weighted by Gasteiger charge is -2.23. The summed E-state index contributed by atoms with van der Waals surface area (Å²) in [6.45, 7) is 7.08. The fraction of sp³-hybridized carbons (Fsp3) is 0.611. The Morgan fingerprint density at radius 3 is 2.58 bits per heavy atom. The van der Waals surface area contributed by atoms with Crippen molar-refractivity contribution < 1.29 is 18.3 Å². The number of benzene rings is 1. The first-order valence-corrected chi connectivity index (χ1v) is 9.82. The summed E-state index contributed by atoms with van der Waals surface area (Å²) in [5.74, 6) is 0.954. The van der Waals surface area contributed by atoms with E-state index in [4.69, 9.17) is 4.74 Å². The van der Waals surface area contributed by atoms with Gasteiger partial charge in [-0.1, -0.05) is 12.1 Å². The van der Waals surface area contributed by atoms with Gasteiger partial charge in [0.05, 0.1) is 13.2 Å². The number of nitrogens with one attached hydrogen (secondary N) is 2. The number of thioether (sulfide) groups is 1. The van der Waals surface area contributed by atoms with Gasteiger partial charge in [-0.2, -0.15) is 20.5 Å². The van der Waals surface area contributed by atoms with Crippen LogP contribution in [0.1, 0.15) is 33.3 Å². The Morgan fingerprint density at radius 1 is 1.27 bits per heavy atom. The Kier molecular flexibility index (Phi) is 9.54. The quantitative estimate of drug-likeness (QED) is 0.470. The predicted octanol–water partition coefficient (Wildman–Crippen LogP) is 3.88. The fourth-order valence-electron chi connectivity index (χ4n) is 2.05. The number of nitrogens with zero attached hydrogens (tertiary/aromatic N) is 1. The van der Waals surface area contributed by atoms with Crippen LogP contribution in [0.5, 0.6) is 11.5 Å². The smallest absolute Gasteiger partial charge is 0.387 e. The molecule has 0 aliphatic carbocycles. The molecule has 26 heavy (non-hydrogen) atoms. The molecule has 0 aliphatic heterocycles. The van der Waals surface area contributed by atoms with E-state index in [0.717, 1.165) is 6.54 Å². The highest BCUT2D eigenvalue weighted by Crippen LogP contribution is 2.33. The van der Waals surface area contributed by atoms with Crippen molar-refractivity contribution in [2.45, 2.75) is 45.6 Å². The van der Waals surface area contributed by atoms with Crippen molar-refractivity contribution in [1.82, 2.24) is 10.6 Å². The number of aliphatic imine (C=N–C) groups is 1. The Labute approximate surface area is 158 Å². The van der Waals surface area contributed by atoms with E-state index in [1.54, 1.807) is 36.9 Å². The summed E-state index contributed by atoms with van der Waals surface area (Å²) < 4.78 is 35.7. The number of halogens is 2. The summed E-state index contributed by atoms with van der Waals surface area (Å²) in [4.78, 5) is 4.49. The Morgan fingerprint density at radius 2 is 2.00 bits per heavy atom. The molecule has 0 spiro atoms. The van der Waals surface area contributed by atoms with Crippen molar-refractivity contribution in [1.29, 1.82) is 0 Å². The molecular formula is C18H29F2N3O2S. The van der Waals surface area contributed by atoms with Crippen LogP contribution in [0.4, 0.5) is 8.78 Å². The van der Waals surface area contributed by atoms with E-state index in [2.05, 4.69) is 40.5 Å². The standard InChI is InChI=1S/C18H29F2N3O2S/c1-6-21-17(23-12-18(3,4)26-5)22-11-13-9-8-10-14(24-7-2)15(13)25-16(19)20/h8-10,16H,6-7,11-12H2,1-5H3,(H2,21,22,23). The normalized spacial score (nSPS) is 12.2. The SMILES string of the molecule is CCNC(=NCc1cccc(OCC)c1OC(F)F)NCC(C)(C)SC. The van der Waals surface area contributed by atoms with Crippen molar-refractivity contribution in [3.8, 4) is 11.5 Å². The van der Waals surface area contributed by atoms with E-state index in [9.17, 15) is 8.78 Å². The molecule has 0 radical (unpaired) electrons. The van der Waals surface area contributed by atoms with Crippen LogP contribution in [-0.4, -0.2) is 43.3 Å². The van der Waals surface area contributed by atoms with Gasteiger partial charge in [0.25, 0.3) is 0 Å². The Bertz CT molecular complexity index is 584. The number of guanidine groups is 1. The second kappa shape index (κ2) is 11.1. The third kappa shape index (κ3) is 7.68. The van der Waals surface area contributed by atoms with Crippen molar-refractivity contribution in [2.24, 2.45) is 4.99 Å². The number of rotatable bonds is 10. The second-order valence-electron chi connectivity index (χ2n) is 6.07. The van der Waals surface area contributed by atoms with Gasteiger partial charge in [0.1, 0.15) is 0 Å². The van der Waals surface area contributed by atoms with Crippen LogP contribution in [0.2, 0.25) is 0 Å². The van der Waals surface area contributed by atoms with E-state index in [1.165, 1.54) is 0 Å². The number of hydrogen-bond acceptors (Lipinski definition) is 4. The molecule has 148 valence electrons. The molecule has 0 saturated heterocycles. The molecule has 0 unspecified atom stereocenters. The minimum Gasteiger partial charge on any atom is -0.490 e. The topological polar surface area (TPSA) is 54.9 Å². The molecule has 8 heteroatoms. The van der Waals surface area contributed by atoms with Gasteiger partial charge in [-0.3, -0.25) is 0 Å². The van der Waals surface area contributed by atoms with Crippen LogP contribution in [0.25, 0.3) is 0 Å². The summed E-state index contributed by atoms with van der Waals surface area (Å²) in [6, 6.07) is 5.06. The molecule has 0 heterocycles. The molecule has 2 N–H and O–H groups in total. The minimum absolute atomic E-state index is 0.0355. The van der Waals surface area contributed by atoms with E-state index < -0.39 is 6.61 Å². The average molecular weight is 390 g/mol. The molecule has 0 atom stereocenters. The highest BCUT2D eigenvalue weighted by molar-refractivity contribution is 7.99. The zero-order valence-electron chi connectivity index (χ0n) is 16.1. The molecular weight excluding hydrogens is 360 g/mol. The lowest BCUT2D eigenvalue weighted by atomic mass is 10.2. The van der Waals surface area contributed by atoms with Gasteiger partial charge in [-0.25, -0.2) is 4.99 Å². The lowest BCUT2D eigenvalue weighted by molar-refractivity contribution is -0.0520. The number of hydrogen-bond donors (Lipinski definition) is 2. The van der Waals surface area contributed by atoms with Crippen LogP contribution in [0, 0.1) is 0 Å². The summed E-state index contributed by atoms with van der Waals surface area (Å²) in [5, 5.41) is 6.44. The van der Waals surface area contributed by atoms with Crippen LogP contribution in [0.3, 0.4) is 0 Å². The maximum Gasteiger partial charge on any atom is 0.387 e. The third-order valence-corrected chi connectivity index (χ3v) is 4.80. The predicted molar refractivity (Wildman–Crippen MR) is 105 cm³/mol. The molecule has 0 fully saturated rings. The maximum absolute atomic E-state index is 12.8. The van der Waals surface area contributed by atoms with Crippen LogP contribution in [-0.2, 0) is 6.54 Å². The number of alkyl halides is 2. The van der Waals surface area contributed by atoms with Crippen molar-refractivity contribution in [3.63, 3.8) is 0 Å². The highest BCUT2D eigenvalue weighted by atomic mass is 32.2. The lowest BCUT2D eigenvalue weighted by Crippen LogP contribution is -2.43. The highest BCUT2D eigenvalue weighted by Gasteiger charge is 2.17.